The average Bonchev–Trinajstić information content (AvgIpc) is 3.13. The molecule has 0 aromatic carbocycles. The molecule has 23 heavy (non-hydrogen) atoms. The number of aromatic amines is 1. The van der Waals surface area contributed by atoms with Crippen LogP contribution in [-0.2, 0) is 9.53 Å². The van der Waals surface area contributed by atoms with Gasteiger partial charge in [-0.05, 0) is 38.8 Å². The maximum Gasteiger partial charge on any atom is 0.223 e. The first-order valence-corrected chi connectivity index (χ1v) is 9.39. The number of rotatable bonds is 6. The molecule has 1 amide bonds. The lowest BCUT2D eigenvalue weighted by Crippen LogP contribution is -2.46. The highest BCUT2D eigenvalue weighted by Gasteiger charge is 2.29. The van der Waals surface area contributed by atoms with Crippen molar-refractivity contribution in [3.05, 3.63) is 6.33 Å². The minimum Gasteiger partial charge on any atom is -0.381 e. The molecule has 0 bridgehead atoms. The molecule has 1 aromatic rings. The molecule has 128 valence electrons. The molecular formula is C15H25N5O2S. The second-order valence-corrected chi connectivity index (χ2v) is 7.17. The van der Waals surface area contributed by atoms with Crippen LogP contribution in [0.4, 0.5) is 0 Å². The quantitative estimate of drug-likeness (QED) is 0.592. The molecule has 2 saturated heterocycles. The minimum absolute atomic E-state index is 0.168. The van der Waals surface area contributed by atoms with E-state index in [1.165, 1.54) is 6.33 Å². The van der Waals surface area contributed by atoms with Crippen LogP contribution in [0.1, 0.15) is 25.7 Å². The van der Waals surface area contributed by atoms with Gasteiger partial charge < -0.3 is 15.0 Å². The minimum atomic E-state index is 0.168. The molecular weight excluding hydrogens is 314 g/mol. The molecule has 0 saturated carbocycles. The predicted octanol–water partition coefficient (Wildman–Crippen LogP) is 0.904. The first-order chi connectivity index (χ1) is 11.3. The molecule has 2 N–H and O–H groups in total. The molecule has 1 aromatic heterocycles. The Morgan fingerprint density at radius 3 is 2.83 bits per heavy atom. The number of amides is 1. The van der Waals surface area contributed by atoms with E-state index in [1.807, 2.05) is 0 Å². The van der Waals surface area contributed by atoms with E-state index in [2.05, 4.69) is 25.4 Å². The number of piperidine rings is 1. The monoisotopic (exact) mass is 339 g/mol. The van der Waals surface area contributed by atoms with Crippen LogP contribution in [0.25, 0.3) is 0 Å². The van der Waals surface area contributed by atoms with Gasteiger partial charge in [0.05, 0.1) is 0 Å². The number of carbonyl (C=O) groups excluding carboxylic acids is 1. The van der Waals surface area contributed by atoms with Gasteiger partial charge in [-0.25, -0.2) is 4.98 Å². The number of hydrogen-bond acceptors (Lipinski definition) is 6. The predicted molar refractivity (Wildman–Crippen MR) is 88.3 cm³/mol. The van der Waals surface area contributed by atoms with E-state index in [9.17, 15) is 4.79 Å². The van der Waals surface area contributed by atoms with Gasteiger partial charge in [0.2, 0.25) is 5.91 Å². The lowest BCUT2D eigenvalue weighted by Gasteiger charge is -2.38. The summed E-state index contributed by atoms with van der Waals surface area (Å²) in [6.07, 6.45) is 5.70. The van der Waals surface area contributed by atoms with E-state index < -0.39 is 0 Å². The maximum atomic E-state index is 12.2. The Bertz CT molecular complexity index is 470. The standard InChI is InChI=1S/C15H25N5O2S/c21-14(16-5-10-23-15-17-11-18-19-15)12-1-6-20(7-2-12)13-3-8-22-9-4-13/h11-13H,1-10H2,(H,16,21)(H,17,18,19). The number of nitrogens with one attached hydrogen (secondary N) is 2. The van der Waals surface area contributed by atoms with E-state index >= 15 is 0 Å². The summed E-state index contributed by atoms with van der Waals surface area (Å²) in [4.78, 5) is 18.8. The number of thioether (sulfide) groups is 1. The summed E-state index contributed by atoms with van der Waals surface area (Å²) in [5.41, 5.74) is 0. The van der Waals surface area contributed by atoms with Gasteiger partial charge in [-0.3, -0.25) is 9.89 Å². The molecule has 0 atom stereocenters. The van der Waals surface area contributed by atoms with Gasteiger partial charge in [-0.2, -0.15) is 5.10 Å². The van der Waals surface area contributed by atoms with Crippen LogP contribution in [0.2, 0.25) is 0 Å². The Hall–Kier alpha value is -1.12. The van der Waals surface area contributed by atoms with Gasteiger partial charge >= 0.3 is 0 Å². The molecule has 2 fully saturated rings. The number of likely N-dealkylation sites (tertiary alicyclic amines) is 1. The highest BCUT2D eigenvalue weighted by atomic mass is 32.2. The number of H-pyrrole nitrogens is 1. The van der Waals surface area contributed by atoms with Gasteiger partial charge in [-0.1, -0.05) is 11.8 Å². The van der Waals surface area contributed by atoms with Crippen LogP contribution in [0, 0.1) is 5.92 Å². The zero-order chi connectivity index (χ0) is 15.9. The van der Waals surface area contributed by atoms with Crippen LogP contribution in [0.15, 0.2) is 11.5 Å². The van der Waals surface area contributed by atoms with Crippen LogP contribution in [0.5, 0.6) is 0 Å². The molecule has 8 heteroatoms. The Labute approximate surface area is 140 Å². The van der Waals surface area contributed by atoms with Crippen LogP contribution in [-0.4, -0.2) is 70.6 Å². The number of hydrogen-bond donors (Lipinski definition) is 2. The third-order valence-electron chi connectivity index (χ3n) is 4.64. The Kier molecular flexibility index (Phi) is 6.29. The molecule has 2 aliphatic heterocycles. The summed E-state index contributed by atoms with van der Waals surface area (Å²) in [5.74, 6) is 1.18. The third kappa shape index (κ3) is 4.92. The molecule has 3 heterocycles. The fraction of sp³-hybridized carbons (Fsp3) is 0.800. The molecule has 0 aliphatic carbocycles. The number of nitrogens with zero attached hydrogens (tertiary/aromatic N) is 3. The number of ether oxygens (including phenoxy) is 1. The van der Waals surface area contributed by atoms with E-state index in [4.69, 9.17) is 4.74 Å². The Morgan fingerprint density at radius 2 is 2.13 bits per heavy atom. The average molecular weight is 339 g/mol. The highest BCUT2D eigenvalue weighted by molar-refractivity contribution is 7.99. The van der Waals surface area contributed by atoms with Crippen molar-refractivity contribution in [1.82, 2.24) is 25.4 Å². The first kappa shape index (κ1) is 16.7. The van der Waals surface area contributed by atoms with Crippen molar-refractivity contribution in [2.45, 2.75) is 36.9 Å². The molecule has 0 spiro atoms. The maximum absolute atomic E-state index is 12.2. The van der Waals surface area contributed by atoms with Crippen molar-refractivity contribution in [2.75, 3.05) is 38.6 Å². The van der Waals surface area contributed by atoms with Gasteiger partial charge in [-0.15, -0.1) is 0 Å². The van der Waals surface area contributed by atoms with Crippen molar-refractivity contribution >= 4 is 17.7 Å². The summed E-state index contributed by atoms with van der Waals surface area (Å²) in [6.45, 7) is 4.51. The summed E-state index contributed by atoms with van der Waals surface area (Å²) >= 11 is 1.57. The summed E-state index contributed by atoms with van der Waals surface area (Å²) in [7, 11) is 0. The normalized spacial score (nSPS) is 21.4. The van der Waals surface area contributed by atoms with Crippen molar-refractivity contribution in [1.29, 1.82) is 0 Å². The topological polar surface area (TPSA) is 83.1 Å². The summed E-state index contributed by atoms with van der Waals surface area (Å²) in [5, 5.41) is 10.4. The second-order valence-electron chi connectivity index (χ2n) is 6.08. The molecule has 2 aliphatic rings. The SMILES string of the molecule is O=C(NCCSc1ncn[nH]1)C1CCN(C2CCOCC2)CC1. The molecule has 3 rings (SSSR count). The van der Waals surface area contributed by atoms with Crippen LogP contribution >= 0.6 is 11.8 Å². The second kappa shape index (κ2) is 8.65. The van der Waals surface area contributed by atoms with E-state index in [-0.39, 0.29) is 11.8 Å². The zero-order valence-electron chi connectivity index (χ0n) is 13.4. The number of aromatic nitrogens is 3. The lowest BCUT2D eigenvalue weighted by molar-refractivity contribution is -0.126. The first-order valence-electron chi connectivity index (χ1n) is 8.40. The summed E-state index contributed by atoms with van der Waals surface area (Å²) in [6, 6.07) is 0.658. The lowest BCUT2D eigenvalue weighted by atomic mass is 9.93. The van der Waals surface area contributed by atoms with Gasteiger partial charge in [0.15, 0.2) is 5.16 Å². The molecule has 0 radical (unpaired) electrons. The largest absolute Gasteiger partial charge is 0.381 e. The third-order valence-corrected chi connectivity index (χ3v) is 5.52. The van der Waals surface area contributed by atoms with Crippen molar-refractivity contribution in [3.63, 3.8) is 0 Å². The van der Waals surface area contributed by atoms with Crippen molar-refractivity contribution in [2.24, 2.45) is 5.92 Å². The number of carbonyl (C=O) groups is 1. The fourth-order valence-electron chi connectivity index (χ4n) is 3.31. The van der Waals surface area contributed by atoms with Crippen LogP contribution in [0.3, 0.4) is 0 Å². The molecule has 0 unspecified atom stereocenters. The molecule has 7 nitrogen and oxygen atoms in total. The van der Waals surface area contributed by atoms with E-state index in [0.717, 1.165) is 62.9 Å². The van der Waals surface area contributed by atoms with Crippen molar-refractivity contribution in [3.8, 4) is 0 Å². The van der Waals surface area contributed by atoms with E-state index in [1.54, 1.807) is 11.8 Å². The van der Waals surface area contributed by atoms with Crippen LogP contribution < -0.4 is 5.32 Å². The van der Waals surface area contributed by atoms with Gasteiger partial charge in [0.1, 0.15) is 6.33 Å². The smallest absolute Gasteiger partial charge is 0.223 e. The summed E-state index contributed by atoms with van der Waals surface area (Å²) < 4.78 is 5.43. The van der Waals surface area contributed by atoms with Gasteiger partial charge in [0, 0.05) is 37.5 Å². The van der Waals surface area contributed by atoms with E-state index in [0.29, 0.717) is 12.6 Å². The Morgan fingerprint density at radius 1 is 1.35 bits per heavy atom. The van der Waals surface area contributed by atoms with Crippen molar-refractivity contribution < 1.29 is 9.53 Å². The van der Waals surface area contributed by atoms with Gasteiger partial charge in [0.25, 0.3) is 0 Å². The Balaban J connectivity index is 1.31. The highest BCUT2D eigenvalue weighted by Crippen LogP contribution is 2.23. The fourth-order valence-corrected chi connectivity index (χ4v) is 3.94. The zero-order valence-corrected chi connectivity index (χ0v) is 14.2.